The monoisotopic (exact) mass is 243 g/mol. The van der Waals surface area contributed by atoms with Crippen LogP contribution in [0, 0.1) is 6.92 Å². The molecule has 1 atom stereocenters. The van der Waals surface area contributed by atoms with Crippen molar-refractivity contribution in [1.29, 1.82) is 0 Å². The smallest absolute Gasteiger partial charge is 0.124 e. The molecule has 0 bridgehead atoms. The van der Waals surface area contributed by atoms with Gasteiger partial charge in [-0.1, -0.05) is 28.9 Å². The lowest BCUT2D eigenvalue weighted by Crippen LogP contribution is -2.10. The normalized spacial score (nSPS) is 12.9. The first-order chi connectivity index (χ1) is 6.07. The standard InChI is InChI=1S/C10H14BrNO/c1-3-8(12)9-7(11)5-4-6(2)10(9)13/h4-5,8,13H,3,12H2,1-2H3. The number of benzene rings is 1. The summed E-state index contributed by atoms with van der Waals surface area (Å²) in [5.74, 6) is 0.309. The van der Waals surface area contributed by atoms with Crippen molar-refractivity contribution in [3.05, 3.63) is 27.7 Å². The van der Waals surface area contributed by atoms with Gasteiger partial charge in [-0.3, -0.25) is 0 Å². The number of halogens is 1. The molecule has 0 saturated carbocycles. The lowest BCUT2D eigenvalue weighted by atomic mass is 10.0. The van der Waals surface area contributed by atoms with E-state index in [0.717, 1.165) is 22.0 Å². The average Bonchev–Trinajstić information content (AvgIpc) is 2.12. The van der Waals surface area contributed by atoms with Gasteiger partial charge in [0.25, 0.3) is 0 Å². The molecule has 0 amide bonds. The first-order valence-electron chi connectivity index (χ1n) is 4.31. The minimum absolute atomic E-state index is 0.103. The van der Waals surface area contributed by atoms with Crippen molar-refractivity contribution in [3.8, 4) is 5.75 Å². The molecule has 0 spiro atoms. The summed E-state index contributed by atoms with van der Waals surface area (Å²) in [6.07, 6.45) is 0.815. The lowest BCUT2D eigenvalue weighted by Gasteiger charge is -2.14. The molecule has 72 valence electrons. The van der Waals surface area contributed by atoms with Crippen molar-refractivity contribution >= 4 is 15.9 Å². The molecular weight excluding hydrogens is 230 g/mol. The molecule has 1 rings (SSSR count). The van der Waals surface area contributed by atoms with Gasteiger partial charge in [0, 0.05) is 16.1 Å². The minimum atomic E-state index is -0.103. The van der Waals surface area contributed by atoms with Gasteiger partial charge in [-0.2, -0.15) is 0 Å². The highest BCUT2D eigenvalue weighted by atomic mass is 79.9. The first-order valence-corrected chi connectivity index (χ1v) is 5.10. The molecule has 1 unspecified atom stereocenters. The van der Waals surface area contributed by atoms with Crippen molar-refractivity contribution in [2.24, 2.45) is 5.73 Å². The molecule has 1 aromatic carbocycles. The van der Waals surface area contributed by atoms with E-state index in [4.69, 9.17) is 5.73 Å². The van der Waals surface area contributed by atoms with Crippen LogP contribution in [0.4, 0.5) is 0 Å². The Bertz CT molecular complexity index is 312. The molecule has 0 aliphatic carbocycles. The molecule has 0 saturated heterocycles. The summed E-state index contributed by atoms with van der Waals surface area (Å²) in [6.45, 7) is 3.87. The maximum atomic E-state index is 9.77. The summed E-state index contributed by atoms with van der Waals surface area (Å²) in [6, 6.07) is 3.68. The Morgan fingerprint density at radius 1 is 1.54 bits per heavy atom. The molecular formula is C10H14BrNO. The van der Waals surface area contributed by atoms with Crippen LogP contribution in [-0.2, 0) is 0 Å². The van der Waals surface area contributed by atoms with Crippen molar-refractivity contribution in [2.75, 3.05) is 0 Å². The molecule has 13 heavy (non-hydrogen) atoms. The van der Waals surface area contributed by atoms with Crippen LogP contribution in [-0.4, -0.2) is 5.11 Å². The molecule has 0 aromatic heterocycles. The fraction of sp³-hybridized carbons (Fsp3) is 0.400. The Morgan fingerprint density at radius 2 is 2.15 bits per heavy atom. The molecule has 3 N–H and O–H groups in total. The Hall–Kier alpha value is -0.540. The second kappa shape index (κ2) is 4.11. The zero-order valence-corrected chi connectivity index (χ0v) is 9.43. The topological polar surface area (TPSA) is 46.2 Å². The Kier molecular flexibility index (Phi) is 3.33. The fourth-order valence-corrected chi connectivity index (χ4v) is 1.86. The molecule has 0 fully saturated rings. The molecule has 1 aromatic rings. The maximum absolute atomic E-state index is 9.77. The van der Waals surface area contributed by atoms with Crippen LogP contribution in [0.2, 0.25) is 0 Å². The molecule has 2 nitrogen and oxygen atoms in total. The third-order valence-corrected chi connectivity index (χ3v) is 2.87. The third-order valence-electron chi connectivity index (χ3n) is 2.18. The van der Waals surface area contributed by atoms with Gasteiger partial charge in [-0.25, -0.2) is 0 Å². The van der Waals surface area contributed by atoms with Crippen LogP contribution in [0.15, 0.2) is 16.6 Å². The summed E-state index contributed by atoms with van der Waals surface area (Å²) < 4.78 is 0.880. The van der Waals surface area contributed by atoms with Crippen molar-refractivity contribution in [3.63, 3.8) is 0 Å². The van der Waals surface area contributed by atoms with Gasteiger partial charge >= 0.3 is 0 Å². The number of hydrogen-bond donors (Lipinski definition) is 2. The van der Waals surface area contributed by atoms with E-state index < -0.39 is 0 Å². The Balaban J connectivity index is 3.25. The Morgan fingerprint density at radius 3 is 2.69 bits per heavy atom. The summed E-state index contributed by atoms with van der Waals surface area (Å²) in [7, 11) is 0. The second-order valence-electron chi connectivity index (χ2n) is 3.14. The maximum Gasteiger partial charge on any atom is 0.124 e. The molecule has 0 aliphatic heterocycles. The number of nitrogens with two attached hydrogens (primary N) is 1. The van der Waals surface area contributed by atoms with Crippen molar-refractivity contribution < 1.29 is 5.11 Å². The van der Waals surface area contributed by atoms with Gasteiger partial charge in [0.05, 0.1) is 0 Å². The van der Waals surface area contributed by atoms with Gasteiger partial charge < -0.3 is 10.8 Å². The first kappa shape index (κ1) is 10.5. The predicted molar refractivity (Wildman–Crippen MR) is 57.8 cm³/mol. The van der Waals surface area contributed by atoms with Crippen molar-refractivity contribution in [1.82, 2.24) is 0 Å². The highest BCUT2D eigenvalue weighted by Crippen LogP contribution is 2.34. The van der Waals surface area contributed by atoms with Gasteiger partial charge in [0.1, 0.15) is 5.75 Å². The molecule has 0 radical (unpaired) electrons. The van der Waals surface area contributed by atoms with E-state index in [1.807, 2.05) is 26.0 Å². The van der Waals surface area contributed by atoms with Gasteiger partial charge in [-0.15, -0.1) is 0 Å². The SMILES string of the molecule is CCC(N)c1c(Br)ccc(C)c1O. The average molecular weight is 244 g/mol. The zero-order valence-electron chi connectivity index (χ0n) is 7.84. The molecule has 3 heteroatoms. The van der Waals surface area contributed by atoms with E-state index in [-0.39, 0.29) is 6.04 Å². The van der Waals surface area contributed by atoms with Crippen LogP contribution in [0.25, 0.3) is 0 Å². The largest absolute Gasteiger partial charge is 0.507 e. The lowest BCUT2D eigenvalue weighted by molar-refractivity contribution is 0.455. The van der Waals surface area contributed by atoms with Gasteiger partial charge in [-0.05, 0) is 25.0 Å². The number of rotatable bonds is 2. The summed E-state index contributed by atoms with van der Waals surface area (Å²) >= 11 is 3.38. The Labute approximate surface area is 86.9 Å². The number of hydrogen-bond acceptors (Lipinski definition) is 2. The highest BCUT2D eigenvalue weighted by Gasteiger charge is 2.14. The second-order valence-corrected chi connectivity index (χ2v) is 4.00. The van der Waals surface area contributed by atoms with Crippen LogP contribution >= 0.6 is 15.9 Å². The van der Waals surface area contributed by atoms with E-state index in [1.165, 1.54) is 0 Å². The van der Waals surface area contributed by atoms with Crippen molar-refractivity contribution in [2.45, 2.75) is 26.3 Å². The summed E-state index contributed by atoms with van der Waals surface area (Å²) in [5, 5.41) is 9.77. The highest BCUT2D eigenvalue weighted by molar-refractivity contribution is 9.10. The summed E-state index contributed by atoms with van der Waals surface area (Å²) in [5.41, 5.74) is 7.55. The van der Waals surface area contributed by atoms with Gasteiger partial charge in [0.15, 0.2) is 0 Å². The number of aryl methyl sites for hydroxylation is 1. The van der Waals surface area contributed by atoms with Crippen LogP contribution in [0.3, 0.4) is 0 Å². The third kappa shape index (κ3) is 2.03. The van der Waals surface area contributed by atoms with Crippen LogP contribution < -0.4 is 5.73 Å². The fourth-order valence-electron chi connectivity index (χ4n) is 1.25. The van der Waals surface area contributed by atoms with E-state index in [0.29, 0.717) is 5.75 Å². The number of phenolic OH excluding ortho intramolecular Hbond substituents is 1. The predicted octanol–water partition coefficient (Wildman–Crippen LogP) is 2.87. The number of aromatic hydroxyl groups is 1. The van der Waals surface area contributed by atoms with E-state index >= 15 is 0 Å². The van der Waals surface area contributed by atoms with Gasteiger partial charge in [0.2, 0.25) is 0 Å². The van der Waals surface area contributed by atoms with E-state index in [9.17, 15) is 5.11 Å². The van der Waals surface area contributed by atoms with E-state index in [1.54, 1.807) is 0 Å². The molecule has 0 heterocycles. The van der Waals surface area contributed by atoms with Crippen LogP contribution in [0.1, 0.15) is 30.5 Å². The molecule has 0 aliphatic rings. The zero-order chi connectivity index (χ0) is 10.0. The van der Waals surface area contributed by atoms with E-state index in [2.05, 4.69) is 15.9 Å². The van der Waals surface area contributed by atoms with Crippen LogP contribution in [0.5, 0.6) is 5.75 Å². The minimum Gasteiger partial charge on any atom is -0.507 e. The number of phenols is 1. The summed E-state index contributed by atoms with van der Waals surface area (Å²) in [4.78, 5) is 0. The quantitative estimate of drug-likeness (QED) is 0.840.